The number of ether oxygens (including phenoxy) is 3. The second-order valence-electron chi connectivity index (χ2n) is 7.91. The summed E-state index contributed by atoms with van der Waals surface area (Å²) in [6.45, 7) is 6.66. The summed E-state index contributed by atoms with van der Waals surface area (Å²) in [4.78, 5) is 17.5. The Labute approximate surface area is 207 Å². The van der Waals surface area contributed by atoms with Crippen LogP contribution in [0.3, 0.4) is 0 Å². The van der Waals surface area contributed by atoms with Gasteiger partial charge in [0.1, 0.15) is 29.8 Å². The Morgan fingerprint density at radius 1 is 1.09 bits per heavy atom. The summed E-state index contributed by atoms with van der Waals surface area (Å²) in [5.41, 5.74) is 1.73. The maximum atomic E-state index is 12.6. The lowest BCUT2D eigenvalue weighted by Gasteiger charge is -2.41. The van der Waals surface area contributed by atoms with Crippen LogP contribution >= 0.6 is 27.9 Å². The van der Waals surface area contributed by atoms with Gasteiger partial charge in [0.25, 0.3) is 0 Å². The fraction of sp³-hybridized carbons (Fsp3) is 0.360. The number of benzene rings is 2. The summed E-state index contributed by atoms with van der Waals surface area (Å²) < 4.78 is 20.8. The molecule has 0 saturated carbocycles. The average molecular weight is 531 g/mol. The van der Waals surface area contributed by atoms with E-state index in [0.29, 0.717) is 19.8 Å². The summed E-state index contributed by atoms with van der Waals surface area (Å²) >= 11 is 5.01. The third kappa shape index (κ3) is 5.94. The van der Waals surface area contributed by atoms with Crippen LogP contribution in [0.15, 0.2) is 78.3 Å². The number of halogens is 1. The van der Waals surface area contributed by atoms with Gasteiger partial charge in [0.2, 0.25) is 0 Å². The standard InChI is InChI=1S/C25H27BrN2O4S/c1-3-14-28(26)25-27-20-22(30-15-18-10-6-4-7-11-18)23(21(17(2)29)32-24(20)33-25)31-16-19-12-8-5-9-13-19/h3-13,20-24H,1,14-16H2,2H3/t20-,21-,22-,23-,24-/m1/s1. The van der Waals surface area contributed by atoms with Gasteiger partial charge >= 0.3 is 0 Å². The van der Waals surface area contributed by atoms with E-state index in [9.17, 15) is 4.79 Å². The number of fused-ring (bicyclic) bond motifs is 1. The van der Waals surface area contributed by atoms with Crippen molar-refractivity contribution < 1.29 is 19.0 Å². The zero-order chi connectivity index (χ0) is 23.2. The molecule has 8 heteroatoms. The lowest BCUT2D eigenvalue weighted by molar-refractivity contribution is -0.198. The molecule has 0 N–H and O–H groups in total. The van der Waals surface area contributed by atoms with E-state index in [1.54, 1.807) is 6.08 Å². The number of thioether (sulfide) groups is 1. The van der Waals surface area contributed by atoms with Crippen molar-refractivity contribution in [2.24, 2.45) is 4.99 Å². The van der Waals surface area contributed by atoms with Crippen LogP contribution in [0.1, 0.15) is 18.1 Å². The quantitative estimate of drug-likeness (QED) is 0.344. The van der Waals surface area contributed by atoms with E-state index in [-0.39, 0.29) is 17.3 Å². The Bertz CT molecular complexity index is 975. The minimum Gasteiger partial charge on any atom is -0.368 e. The zero-order valence-corrected chi connectivity index (χ0v) is 20.8. The number of Topliss-reactive ketones (excluding diaryl/α,β-unsaturated/α-hetero) is 1. The third-order valence-corrected chi connectivity index (χ3v) is 7.49. The highest BCUT2D eigenvalue weighted by Gasteiger charge is 2.52. The first kappa shape index (κ1) is 24.2. The topological polar surface area (TPSA) is 60.4 Å². The van der Waals surface area contributed by atoms with Gasteiger partial charge in [-0.15, -0.1) is 6.58 Å². The number of carbonyl (C=O) groups is 1. The van der Waals surface area contributed by atoms with E-state index in [1.807, 2.05) is 64.6 Å². The zero-order valence-electron chi connectivity index (χ0n) is 18.4. The average Bonchev–Trinajstić information content (AvgIpc) is 3.27. The largest absolute Gasteiger partial charge is 0.368 e. The number of hydrogen-bond donors (Lipinski definition) is 0. The Morgan fingerprint density at radius 2 is 1.67 bits per heavy atom. The van der Waals surface area contributed by atoms with Gasteiger partial charge in [-0.05, 0) is 18.1 Å². The van der Waals surface area contributed by atoms with Gasteiger partial charge in [0, 0.05) is 6.54 Å². The lowest BCUT2D eigenvalue weighted by atomic mass is 9.95. The van der Waals surface area contributed by atoms with Crippen molar-refractivity contribution in [2.75, 3.05) is 6.54 Å². The van der Waals surface area contributed by atoms with Crippen molar-refractivity contribution in [1.29, 1.82) is 0 Å². The van der Waals surface area contributed by atoms with Crippen LogP contribution in [0.5, 0.6) is 0 Å². The molecule has 0 radical (unpaired) electrons. The van der Waals surface area contributed by atoms with E-state index < -0.39 is 18.3 Å². The van der Waals surface area contributed by atoms with Gasteiger partial charge in [0.15, 0.2) is 11.0 Å². The first-order chi connectivity index (χ1) is 16.1. The van der Waals surface area contributed by atoms with Gasteiger partial charge in [-0.3, -0.25) is 13.7 Å². The number of nitrogens with zero attached hydrogens (tertiary/aromatic N) is 2. The van der Waals surface area contributed by atoms with Crippen LogP contribution < -0.4 is 0 Å². The Balaban J connectivity index is 1.60. The molecule has 1 fully saturated rings. The van der Waals surface area contributed by atoms with Crippen LogP contribution in [-0.2, 0) is 32.2 Å². The van der Waals surface area contributed by atoms with Crippen LogP contribution in [0.2, 0.25) is 0 Å². The fourth-order valence-corrected chi connectivity index (χ4v) is 5.52. The predicted octanol–water partition coefficient (Wildman–Crippen LogP) is 4.74. The molecule has 0 aliphatic carbocycles. The molecule has 0 unspecified atom stereocenters. The van der Waals surface area contributed by atoms with E-state index in [2.05, 4.69) is 22.7 Å². The summed E-state index contributed by atoms with van der Waals surface area (Å²) in [5, 5.41) is 0.768. The molecule has 4 rings (SSSR count). The molecule has 174 valence electrons. The van der Waals surface area contributed by atoms with Gasteiger partial charge in [-0.2, -0.15) is 0 Å². The molecule has 0 aromatic heterocycles. The monoisotopic (exact) mass is 530 g/mol. The minimum absolute atomic E-state index is 0.0873. The van der Waals surface area contributed by atoms with Gasteiger partial charge in [0.05, 0.1) is 29.4 Å². The maximum Gasteiger partial charge on any atom is 0.172 e. The smallest absolute Gasteiger partial charge is 0.172 e. The Hall–Kier alpha value is -1.97. The highest BCUT2D eigenvalue weighted by molar-refractivity contribution is 9.08. The van der Waals surface area contributed by atoms with Crippen molar-refractivity contribution in [1.82, 2.24) is 3.93 Å². The Morgan fingerprint density at radius 3 is 2.21 bits per heavy atom. The Kier molecular flexibility index (Phi) is 8.38. The summed E-state index contributed by atoms with van der Waals surface area (Å²) in [6.07, 6.45) is 0.0190. The number of carbonyl (C=O) groups excluding carboxylic acids is 1. The number of aliphatic imine (C=N–C) groups is 1. The van der Waals surface area contributed by atoms with E-state index in [4.69, 9.17) is 19.2 Å². The molecule has 2 heterocycles. The fourth-order valence-electron chi connectivity index (χ4n) is 3.87. The molecule has 5 atom stereocenters. The van der Waals surface area contributed by atoms with E-state index in [1.165, 1.54) is 18.7 Å². The third-order valence-electron chi connectivity index (χ3n) is 5.47. The molecule has 2 aliphatic rings. The molecule has 1 saturated heterocycles. The van der Waals surface area contributed by atoms with Crippen molar-refractivity contribution in [2.45, 2.75) is 49.9 Å². The number of amidine groups is 1. The molecular formula is C25H27BrN2O4S. The molecule has 0 spiro atoms. The lowest BCUT2D eigenvalue weighted by Crippen LogP contribution is -2.58. The number of ketones is 1. The second-order valence-corrected chi connectivity index (χ2v) is 9.83. The SMILES string of the molecule is C=CCN(Br)C1=N[C@@H]2[C@@H](OCc3ccccc3)[C@H](OCc3ccccc3)[C@@H](C(C)=O)O[C@@H]2S1. The number of hydrogen-bond acceptors (Lipinski definition) is 7. The molecular weight excluding hydrogens is 504 g/mol. The van der Waals surface area contributed by atoms with Crippen LogP contribution in [0.25, 0.3) is 0 Å². The van der Waals surface area contributed by atoms with E-state index in [0.717, 1.165) is 16.3 Å². The van der Waals surface area contributed by atoms with Gasteiger partial charge in [-0.25, -0.2) is 0 Å². The van der Waals surface area contributed by atoms with Crippen molar-refractivity contribution in [3.63, 3.8) is 0 Å². The molecule has 2 aromatic rings. The molecule has 0 amide bonds. The first-order valence-corrected chi connectivity index (χ1v) is 12.4. The van der Waals surface area contributed by atoms with Gasteiger partial charge < -0.3 is 14.2 Å². The minimum atomic E-state index is -0.735. The van der Waals surface area contributed by atoms with Crippen LogP contribution in [-0.4, -0.2) is 51.2 Å². The molecule has 33 heavy (non-hydrogen) atoms. The van der Waals surface area contributed by atoms with Crippen molar-refractivity contribution >= 4 is 38.9 Å². The predicted molar refractivity (Wildman–Crippen MR) is 134 cm³/mol. The maximum absolute atomic E-state index is 12.6. The normalized spacial score (nSPS) is 26.4. The van der Waals surface area contributed by atoms with Crippen LogP contribution in [0.4, 0.5) is 0 Å². The second kappa shape index (κ2) is 11.4. The molecule has 6 nitrogen and oxygen atoms in total. The summed E-state index contributed by atoms with van der Waals surface area (Å²) in [7, 11) is 0. The molecule has 2 aliphatic heterocycles. The van der Waals surface area contributed by atoms with Crippen LogP contribution in [0, 0.1) is 0 Å². The van der Waals surface area contributed by atoms with Gasteiger partial charge in [-0.1, -0.05) is 78.5 Å². The highest BCUT2D eigenvalue weighted by atomic mass is 79.9. The number of rotatable bonds is 9. The summed E-state index contributed by atoms with van der Waals surface area (Å²) in [5.74, 6) is -0.0873. The first-order valence-electron chi connectivity index (χ1n) is 10.8. The van der Waals surface area contributed by atoms with Crippen molar-refractivity contribution in [3.05, 3.63) is 84.4 Å². The van der Waals surface area contributed by atoms with Crippen molar-refractivity contribution in [3.8, 4) is 0 Å². The summed E-state index contributed by atoms with van der Waals surface area (Å²) in [6, 6.07) is 19.5. The highest BCUT2D eigenvalue weighted by Crippen LogP contribution is 2.40. The molecule has 0 bridgehead atoms. The van der Waals surface area contributed by atoms with E-state index >= 15 is 0 Å². The molecule has 2 aromatic carbocycles.